The zero-order valence-electron chi connectivity index (χ0n) is 17.0. The van der Waals surface area contributed by atoms with Gasteiger partial charge in [0.1, 0.15) is 18.8 Å². The second-order valence-corrected chi connectivity index (χ2v) is 6.64. The van der Waals surface area contributed by atoms with E-state index in [1.165, 1.54) is 0 Å². The van der Waals surface area contributed by atoms with Crippen molar-refractivity contribution in [3.05, 3.63) is 59.7 Å². The van der Waals surface area contributed by atoms with Crippen LogP contribution in [0.3, 0.4) is 0 Å². The average Bonchev–Trinajstić information content (AvgIpc) is 2.76. The van der Waals surface area contributed by atoms with E-state index in [2.05, 4.69) is 30.6 Å². The van der Waals surface area contributed by atoms with Gasteiger partial charge in [0.05, 0.1) is 7.11 Å². The van der Waals surface area contributed by atoms with Crippen LogP contribution in [-0.4, -0.2) is 23.4 Å². The number of hydrogen-bond donors (Lipinski definition) is 2. The van der Waals surface area contributed by atoms with Crippen molar-refractivity contribution >= 4 is 0 Å². The van der Waals surface area contributed by atoms with Crippen LogP contribution in [0.2, 0.25) is 0 Å². The predicted molar refractivity (Wildman–Crippen MR) is 114 cm³/mol. The second kappa shape index (κ2) is 12.5. The van der Waals surface area contributed by atoms with Crippen LogP contribution >= 0.6 is 0 Å². The van der Waals surface area contributed by atoms with Crippen molar-refractivity contribution in [2.45, 2.75) is 51.4 Å². The van der Waals surface area contributed by atoms with Crippen molar-refractivity contribution in [1.82, 2.24) is 0 Å². The van der Waals surface area contributed by atoms with Gasteiger partial charge in [0, 0.05) is 0 Å². The van der Waals surface area contributed by atoms with Crippen LogP contribution < -0.4 is 9.47 Å². The number of ether oxygens (including phenoxy) is 2. The fraction of sp³-hybridized carbons (Fsp3) is 0.360. The van der Waals surface area contributed by atoms with Gasteiger partial charge in [0.15, 0.2) is 11.5 Å². The highest BCUT2D eigenvalue weighted by atomic mass is 16.5. The largest absolute Gasteiger partial charge is 0.493 e. The third-order valence-corrected chi connectivity index (χ3v) is 4.33. The Morgan fingerprint density at radius 1 is 0.931 bits per heavy atom. The first kappa shape index (κ1) is 22.4. The number of benzene rings is 2. The number of unbranched alkanes of at least 4 members (excludes halogenated alkanes) is 2. The van der Waals surface area contributed by atoms with E-state index >= 15 is 0 Å². The molecule has 152 valence electrons. The molecule has 0 radical (unpaired) electrons. The van der Waals surface area contributed by atoms with Crippen molar-refractivity contribution in [3.63, 3.8) is 0 Å². The third kappa shape index (κ3) is 7.92. The van der Waals surface area contributed by atoms with Gasteiger partial charge in [-0.3, -0.25) is 0 Å². The van der Waals surface area contributed by atoms with E-state index in [0.29, 0.717) is 30.1 Å². The number of hydrogen-bond acceptors (Lipinski definition) is 4. The molecule has 2 aromatic carbocycles. The van der Waals surface area contributed by atoms with E-state index in [0.717, 1.165) is 24.8 Å². The SMILES string of the molecule is CCCCCC(O)C#CC#CC(O)c1ccc(OCc2ccccc2)c(OC)c1. The van der Waals surface area contributed by atoms with Gasteiger partial charge in [-0.15, -0.1) is 0 Å². The smallest absolute Gasteiger partial charge is 0.161 e. The Hall–Kier alpha value is -2.92. The Morgan fingerprint density at radius 3 is 2.41 bits per heavy atom. The Labute approximate surface area is 173 Å². The van der Waals surface area contributed by atoms with Crippen LogP contribution in [-0.2, 0) is 6.61 Å². The van der Waals surface area contributed by atoms with Crippen LogP contribution in [0.25, 0.3) is 0 Å². The molecular weight excluding hydrogens is 364 g/mol. The summed E-state index contributed by atoms with van der Waals surface area (Å²) in [4.78, 5) is 0. The van der Waals surface area contributed by atoms with Crippen LogP contribution in [0.1, 0.15) is 49.8 Å². The van der Waals surface area contributed by atoms with Crippen LogP contribution in [0.15, 0.2) is 48.5 Å². The minimum Gasteiger partial charge on any atom is -0.493 e. The number of aliphatic hydroxyl groups is 2. The molecule has 4 heteroatoms. The maximum Gasteiger partial charge on any atom is 0.161 e. The minimum absolute atomic E-state index is 0.426. The summed E-state index contributed by atoms with van der Waals surface area (Å²) in [5.74, 6) is 11.7. The first-order valence-electron chi connectivity index (χ1n) is 9.86. The molecule has 0 spiro atoms. The standard InChI is InChI=1S/C25H28O4/c1-3-4-6-13-22(26)14-9-10-15-23(27)21-16-17-24(25(18-21)28-2)29-19-20-11-7-5-8-12-20/h5,7-8,11-12,16-18,22-23,26-27H,3-4,6,13,19H2,1-2H3. The van der Waals surface area contributed by atoms with Gasteiger partial charge >= 0.3 is 0 Å². The van der Waals surface area contributed by atoms with Gasteiger partial charge in [0.2, 0.25) is 0 Å². The second-order valence-electron chi connectivity index (χ2n) is 6.64. The van der Waals surface area contributed by atoms with E-state index in [1.807, 2.05) is 30.3 Å². The first-order valence-corrected chi connectivity index (χ1v) is 9.86. The maximum absolute atomic E-state index is 10.3. The van der Waals surface area contributed by atoms with Gasteiger partial charge in [-0.1, -0.05) is 68.0 Å². The van der Waals surface area contributed by atoms with E-state index in [1.54, 1.807) is 25.3 Å². The molecule has 2 atom stereocenters. The maximum atomic E-state index is 10.3. The molecule has 0 fully saturated rings. The summed E-state index contributed by atoms with van der Waals surface area (Å²) in [6.45, 7) is 2.54. The Balaban J connectivity index is 1.97. The number of methoxy groups -OCH3 is 1. The Morgan fingerprint density at radius 2 is 1.69 bits per heavy atom. The van der Waals surface area contributed by atoms with Crippen molar-refractivity contribution in [2.75, 3.05) is 7.11 Å². The van der Waals surface area contributed by atoms with Crippen molar-refractivity contribution in [2.24, 2.45) is 0 Å². The monoisotopic (exact) mass is 392 g/mol. The molecule has 2 N–H and O–H groups in total. The molecule has 29 heavy (non-hydrogen) atoms. The van der Waals surface area contributed by atoms with Gasteiger partial charge in [-0.2, -0.15) is 0 Å². The lowest BCUT2D eigenvalue weighted by Crippen LogP contribution is -2.01. The minimum atomic E-state index is -1.00. The molecule has 0 amide bonds. The molecule has 4 nitrogen and oxygen atoms in total. The fourth-order valence-electron chi connectivity index (χ4n) is 2.68. The predicted octanol–water partition coefficient (Wildman–Crippen LogP) is 4.26. The summed E-state index contributed by atoms with van der Waals surface area (Å²) >= 11 is 0. The van der Waals surface area contributed by atoms with Crippen LogP contribution in [0, 0.1) is 23.7 Å². The molecule has 0 aliphatic rings. The molecule has 2 aromatic rings. The molecule has 0 bridgehead atoms. The zero-order chi connectivity index (χ0) is 20.9. The van der Waals surface area contributed by atoms with E-state index < -0.39 is 12.2 Å². The summed E-state index contributed by atoms with van der Waals surface area (Å²) in [5.41, 5.74) is 1.65. The molecule has 0 saturated carbocycles. The summed E-state index contributed by atoms with van der Waals surface area (Å²) in [7, 11) is 1.55. The van der Waals surface area contributed by atoms with Gasteiger partial charge in [-0.05, 0) is 47.9 Å². The normalized spacial score (nSPS) is 12.0. The lowest BCUT2D eigenvalue weighted by Gasteiger charge is -2.13. The van der Waals surface area contributed by atoms with Crippen LogP contribution in [0.4, 0.5) is 0 Å². The van der Waals surface area contributed by atoms with Crippen molar-refractivity contribution in [3.8, 4) is 35.2 Å². The van der Waals surface area contributed by atoms with E-state index in [4.69, 9.17) is 9.47 Å². The van der Waals surface area contributed by atoms with Gasteiger partial charge in [-0.25, -0.2) is 0 Å². The Bertz CT molecular complexity index is 868. The quantitative estimate of drug-likeness (QED) is 0.495. The summed E-state index contributed by atoms with van der Waals surface area (Å²) in [6.07, 6.45) is 2.10. The average molecular weight is 392 g/mol. The lowest BCUT2D eigenvalue weighted by atomic mass is 10.1. The molecule has 0 aromatic heterocycles. The van der Waals surface area contributed by atoms with Gasteiger partial charge in [0.25, 0.3) is 0 Å². The summed E-state index contributed by atoms with van der Waals surface area (Å²) < 4.78 is 11.2. The highest BCUT2D eigenvalue weighted by molar-refractivity contribution is 5.45. The fourth-order valence-corrected chi connectivity index (χ4v) is 2.68. The van der Waals surface area contributed by atoms with Gasteiger partial charge < -0.3 is 19.7 Å². The molecule has 0 aliphatic carbocycles. The van der Waals surface area contributed by atoms with Crippen LogP contribution in [0.5, 0.6) is 11.5 Å². The summed E-state index contributed by atoms with van der Waals surface area (Å²) in [6, 6.07) is 15.1. The van der Waals surface area contributed by atoms with E-state index in [9.17, 15) is 10.2 Å². The van der Waals surface area contributed by atoms with Crippen molar-refractivity contribution in [1.29, 1.82) is 0 Å². The molecule has 0 aliphatic heterocycles. The molecule has 0 heterocycles. The zero-order valence-corrected chi connectivity index (χ0v) is 17.0. The van der Waals surface area contributed by atoms with E-state index in [-0.39, 0.29) is 0 Å². The first-order chi connectivity index (χ1) is 14.1. The summed E-state index contributed by atoms with van der Waals surface area (Å²) in [5, 5.41) is 20.0. The lowest BCUT2D eigenvalue weighted by molar-refractivity contribution is 0.217. The molecule has 0 saturated heterocycles. The molecule has 2 unspecified atom stereocenters. The third-order valence-electron chi connectivity index (χ3n) is 4.33. The topological polar surface area (TPSA) is 58.9 Å². The number of rotatable bonds is 9. The highest BCUT2D eigenvalue weighted by Gasteiger charge is 2.10. The van der Waals surface area contributed by atoms with Crippen molar-refractivity contribution < 1.29 is 19.7 Å². The number of aliphatic hydroxyl groups excluding tert-OH is 2. The molecule has 2 rings (SSSR count). The highest BCUT2D eigenvalue weighted by Crippen LogP contribution is 2.30. The Kier molecular flexibility index (Phi) is 9.66. The molecular formula is C25H28O4.